The fraction of sp³-hybridized carbons (Fsp3) is 0.150. The average molecular weight is 443 g/mol. The van der Waals surface area contributed by atoms with E-state index in [2.05, 4.69) is 26.2 Å². The molecule has 28 heavy (non-hydrogen) atoms. The van der Waals surface area contributed by atoms with Crippen LogP contribution in [0.25, 0.3) is 16.6 Å². The van der Waals surface area contributed by atoms with Crippen LogP contribution in [0.4, 0.5) is 10.1 Å². The van der Waals surface area contributed by atoms with E-state index in [1.807, 2.05) is 24.3 Å². The topological polar surface area (TPSA) is 68.4 Å². The zero-order chi connectivity index (χ0) is 20.0. The van der Waals surface area contributed by atoms with Crippen LogP contribution in [-0.4, -0.2) is 20.1 Å². The fourth-order valence-electron chi connectivity index (χ4n) is 3.33. The lowest BCUT2D eigenvalue weighted by Crippen LogP contribution is -2.27. The second-order valence-electron chi connectivity index (χ2n) is 6.52. The van der Waals surface area contributed by atoms with Crippen LogP contribution >= 0.6 is 15.9 Å². The van der Waals surface area contributed by atoms with Crippen LogP contribution in [-0.2, 0) is 4.79 Å². The highest BCUT2D eigenvalue weighted by atomic mass is 79.9. The van der Waals surface area contributed by atoms with Gasteiger partial charge in [0.1, 0.15) is 11.9 Å². The van der Waals surface area contributed by atoms with Crippen LogP contribution in [0.5, 0.6) is 0 Å². The quantitative estimate of drug-likeness (QED) is 0.520. The number of nitrogens with zero attached hydrogens (tertiary/aromatic N) is 3. The summed E-state index contributed by atoms with van der Waals surface area (Å²) in [6.45, 7) is 3.50. The molecule has 2 aromatic heterocycles. The summed E-state index contributed by atoms with van der Waals surface area (Å²) < 4.78 is 18.2. The summed E-state index contributed by atoms with van der Waals surface area (Å²) in [6.07, 6.45) is 0. The molecule has 1 N–H and O–H groups in total. The van der Waals surface area contributed by atoms with Gasteiger partial charge in [-0.15, -0.1) is 0 Å². The van der Waals surface area contributed by atoms with Crippen molar-refractivity contribution < 1.29 is 9.18 Å². The van der Waals surface area contributed by atoms with Gasteiger partial charge in [0, 0.05) is 21.6 Å². The number of benzene rings is 2. The van der Waals surface area contributed by atoms with E-state index in [0.29, 0.717) is 15.8 Å². The summed E-state index contributed by atoms with van der Waals surface area (Å²) in [4.78, 5) is 28.9. The first kappa shape index (κ1) is 18.4. The molecule has 2 heterocycles. The number of hydrogen-bond acceptors (Lipinski definition) is 3. The molecule has 142 valence electrons. The smallest absolute Gasteiger partial charge is 0.273 e. The first-order chi connectivity index (χ1) is 13.4. The molecular weight excluding hydrogens is 427 g/mol. The maximum Gasteiger partial charge on any atom is 0.273 e. The van der Waals surface area contributed by atoms with Crippen molar-refractivity contribution >= 4 is 44.1 Å². The Kier molecular flexibility index (Phi) is 4.50. The van der Waals surface area contributed by atoms with Crippen LogP contribution in [0.2, 0.25) is 0 Å². The van der Waals surface area contributed by atoms with Crippen molar-refractivity contribution in [3.63, 3.8) is 0 Å². The van der Waals surface area contributed by atoms with E-state index in [-0.39, 0.29) is 17.2 Å². The van der Waals surface area contributed by atoms with E-state index in [4.69, 9.17) is 0 Å². The molecule has 6 nitrogen and oxygen atoms in total. The Morgan fingerprint density at radius 1 is 1.21 bits per heavy atom. The number of rotatable bonds is 3. The molecule has 8 heteroatoms. The standard InChI is InChI=1S/C20H16BrFN4O2/c1-11-9-18(27)24-19-14-5-3-4-6-17(14)26(25(11)19)12(2)20(28)23-16-8-7-13(21)10-15(16)22/h3-10,12H,1-2H3,(H,23,28)/t12-/m0/s1. The molecule has 1 atom stereocenters. The maximum atomic E-state index is 14.1. The van der Waals surface area contributed by atoms with Crippen LogP contribution in [0, 0.1) is 12.7 Å². The Balaban J connectivity index is 1.85. The highest BCUT2D eigenvalue weighted by Gasteiger charge is 2.23. The lowest BCUT2D eigenvalue weighted by molar-refractivity contribution is -0.119. The molecular formula is C20H16BrFN4O2. The van der Waals surface area contributed by atoms with Crippen molar-refractivity contribution in [2.24, 2.45) is 0 Å². The summed E-state index contributed by atoms with van der Waals surface area (Å²) in [5.41, 5.74) is 1.65. The van der Waals surface area contributed by atoms with Crippen LogP contribution < -0.4 is 10.9 Å². The summed E-state index contributed by atoms with van der Waals surface area (Å²) in [5.74, 6) is -0.916. The molecule has 0 spiro atoms. The van der Waals surface area contributed by atoms with Crippen molar-refractivity contribution in [3.05, 3.63) is 74.9 Å². The molecule has 0 fully saturated rings. The van der Waals surface area contributed by atoms with E-state index < -0.39 is 11.9 Å². The van der Waals surface area contributed by atoms with E-state index in [9.17, 15) is 14.0 Å². The minimum Gasteiger partial charge on any atom is -0.322 e. The summed E-state index contributed by atoms with van der Waals surface area (Å²) >= 11 is 3.20. The van der Waals surface area contributed by atoms with Gasteiger partial charge in [0.25, 0.3) is 5.56 Å². The number of aromatic nitrogens is 3. The van der Waals surface area contributed by atoms with Crippen molar-refractivity contribution in [2.45, 2.75) is 19.9 Å². The molecule has 4 aromatic rings. The molecule has 0 aliphatic carbocycles. The third-order valence-electron chi connectivity index (χ3n) is 4.63. The van der Waals surface area contributed by atoms with Gasteiger partial charge in [-0.05, 0) is 44.2 Å². The summed E-state index contributed by atoms with van der Waals surface area (Å²) in [5, 5.41) is 3.40. The molecule has 1 amide bonds. The number of fused-ring (bicyclic) bond motifs is 3. The largest absolute Gasteiger partial charge is 0.322 e. The Hall–Kier alpha value is -3.00. The highest BCUT2D eigenvalue weighted by Crippen LogP contribution is 2.26. The molecule has 2 aromatic carbocycles. The third kappa shape index (κ3) is 2.99. The average Bonchev–Trinajstić information content (AvgIpc) is 2.98. The van der Waals surface area contributed by atoms with E-state index in [1.54, 1.807) is 29.1 Å². The SMILES string of the molecule is Cc1cc(=O)nc2c3ccccc3n([C@@H](C)C(=O)Nc3ccc(Br)cc3F)n12. The number of halogens is 2. The first-order valence-electron chi connectivity index (χ1n) is 8.62. The summed E-state index contributed by atoms with van der Waals surface area (Å²) in [6, 6.07) is 12.6. The Labute approximate surface area is 167 Å². The van der Waals surface area contributed by atoms with Crippen LogP contribution in [0.1, 0.15) is 18.7 Å². The Bertz CT molecular complexity index is 1290. The van der Waals surface area contributed by atoms with Gasteiger partial charge in [0.05, 0.1) is 11.2 Å². The van der Waals surface area contributed by atoms with Crippen molar-refractivity contribution in [1.29, 1.82) is 0 Å². The predicted molar refractivity (Wildman–Crippen MR) is 109 cm³/mol. The number of nitrogens with one attached hydrogen (secondary N) is 1. The minimum atomic E-state index is -0.687. The molecule has 0 radical (unpaired) electrons. The molecule has 0 aliphatic heterocycles. The lowest BCUT2D eigenvalue weighted by Gasteiger charge is -2.18. The van der Waals surface area contributed by atoms with Gasteiger partial charge in [-0.1, -0.05) is 28.1 Å². The van der Waals surface area contributed by atoms with Crippen LogP contribution in [0.3, 0.4) is 0 Å². The zero-order valence-electron chi connectivity index (χ0n) is 15.1. The molecule has 0 unspecified atom stereocenters. The van der Waals surface area contributed by atoms with Gasteiger partial charge in [-0.25, -0.2) is 8.91 Å². The number of carbonyl (C=O) groups is 1. The fourth-order valence-corrected chi connectivity index (χ4v) is 3.66. The van der Waals surface area contributed by atoms with Crippen molar-refractivity contribution in [2.75, 3.05) is 5.32 Å². The monoisotopic (exact) mass is 442 g/mol. The Morgan fingerprint density at radius 3 is 2.71 bits per heavy atom. The van der Waals surface area contributed by atoms with Gasteiger partial charge >= 0.3 is 0 Å². The van der Waals surface area contributed by atoms with Crippen LogP contribution in [0.15, 0.2) is 57.8 Å². The number of anilines is 1. The normalized spacial score (nSPS) is 12.4. The highest BCUT2D eigenvalue weighted by molar-refractivity contribution is 9.10. The lowest BCUT2D eigenvalue weighted by atomic mass is 10.2. The summed E-state index contributed by atoms with van der Waals surface area (Å²) in [7, 11) is 0. The van der Waals surface area contributed by atoms with E-state index >= 15 is 0 Å². The zero-order valence-corrected chi connectivity index (χ0v) is 16.7. The van der Waals surface area contributed by atoms with E-state index in [1.165, 1.54) is 18.2 Å². The number of carbonyl (C=O) groups excluding carboxylic acids is 1. The number of amides is 1. The van der Waals surface area contributed by atoms with Gasteiger partial charge in [0.15, 0.2) is 5.65 Å². The van der Waals surface area contributed by atoms with Gasteiger partial charge < -0.3 is 5.32 Å². The van der Waals surface area contributed by atoms with Gasteiger partial charge in [0.2, 0.25) is 5.91 Å². The van der Waals surface area contributed by atoms with Gasteiger partial charge in [-0.3, -0.25) is 14.3 Å². The molecule has 0 saturated carbocycles. The number of para-hydroxylation sites is 1. The predicted octanol–water partition coefficient (Wildman–Crippen LogP) is 4.06. The van der Waals surface area contributed by atoms with Crippen molar-refractivity contribution in [1.82, 2.24) is 14.2 Å². The number of aryl methyl sites for hydroxylation is 1. The Morgan fingerprint density at radius 2 is 1.96 bits per heavy atom. The number of hydrogen-bond donors (Lipinski definition) is 1. The maximum absolute atomic E-state index is 14.1. The van der Waals surface area contributed by atoms with Crippen molar-refractivity contribution in [3.8, 4) is 0 Å². The second kappa shape index (κ2) is 6.87. The first-order valence-corrected chi connectivity index (χ1v) is 9.41. The molecule has 4 rings (SSSR count). The molecule has 0 bridgehead atoms. The molecule has 0 aliphatic rings. The van der Waals surface area contributed by atoms with E-state index in [0.717, 1.165) is 10.9 Å². The minimum absolute atomic E-state index is 0.0995. The second-order valence-corrected chi connectivity index (χ2v) is 7.44. The molecule has 0 saturated heterocycles. The third-order valence-corrected chi connectivity index (χ3v) is 5.12. The van der Waals surface area contributed by atoms with Gasteiger partial charge in [-0.2, -0.15) is 4.98 Å².